The van der Waals surface area contributed by atoms with Crippen LogP contribution in [0.2, 0.25) is 5.02 Å². The summed E-state index contributed by atoms with van der Waals surface area (Å²) in [5.41, 5.74) is 1.15. The van der Waals surface area contributed by atoms with Crippen LogP contribution in [0.15, 0.2) is 18.2 Å². The molecule has 1 aromatic rings. The van der Waals surface area contributed by atoms with Crippen molar-refractivity contribution < 1.29 is 4.74 Å². The molecule has 0 aliphatic carbocycles. The van der Waals surface area contributed by atoms with Crippen molar-refractivity contribution in [2.75, 3.05) is 13.2 Å². The molecule has 1 N–H and O–H groups in total. The van der Waals surface area contributed by atoms with Gasteiger partial charge in [-0.05, 0) is 38.0 Å². The molecular formula is C16H26ClNO. The standard InChI is InChI=1S/C16H26ClNO/c1-4-5-6-7-14(3)18-10-11-19-16-9-8-13(2)12-15(16)17/h8-9,12,14,18H,4-7,10-11H2,1-3H3. The first-order chi connectivity index (χ1) is 9.13. The highest BCUT2D eigenvalue weighted by Gasteiger charge is 2.03. The number of aryl methyl sites for hydroxylation is 1. The first kappa shape index (κ1) is 16.3. The van der Waals surface area contributed by atoms with E-state index in [2.05, 4.69) is 19.2 Å². The molecule has 1 unspecified atom stereocenters. The summed E-state index contributed by atoms with van der Waals surface area (Å²) in [7, 11) is 0. The monoisotopic (exact) mass is 283 g/mol. The number of hydrogen-bond acceptors (Lipinski definition) is 2. The fourth-order valence-corrected chi connectivity index (χ4v) is 2.28. The van der Waals surface area contributed by atoms with Crippen molar-refractivity contribution in [2.45, 2.75) is 52.5 Å². The average molecular weight is 284 g/mol. The van der Waals surface area contributed by atoms with E-state index in [0.717, 1.165) is 17.9 Å². The Kier molecular flexibility index (Phi) is 7.92. The van der Waals surface area contributed by atoms with Crippen LogP contribution in [0.1, 0.15) is 45.1 Å². The molecule has 0 aliphatic heterocycles. The van der Waals surface area contributed by atoms with Crippen LogP contribution < -0.4 is 10.1 Å². The molecule has 0 spiro atoms. The molecule has 0 aromatic heterocycles. The molecule has 1 rings (SSSR count). The third kappa shape index (κ3) is 6.84. The van der Waals surface area contributed by atoms with Gasteiger partial charge in [-0.1, -0.05) is 43.9 Å². The van der Waals surface area contributed by atoms with Gasteiger partial charge in [0, 0.05) is 12.6 Å². The minimum absolute atomic E-state index is 0.559. The number of rotatable bonds is 9. The van der Waals surface area contributed by atoms with Gasteiger partial charge in [-0.3, -0.25) is 0 Å². The van der Waals surface area contributed by atoms with Crippen LogP contribution >= 0.6 is 11.6 Å². The van der Waals surface area contributed by atoms with Gasteiger partial charge in [-0.2, -0.15) is 0 Å². The number of halogens is 1. The van der Waals surface area contributed by atoms with Crippen LogP contribution in [0, 0.1) is 6.92 Å². The minimum Gasteiger partial charge on any atom is -0.491 e. The van der Waals surface area contributed by atoms with Crippen LogP contribution in [-0.4, -0.2) is 19.2 Å². The Hall–Kier alpha value is -0.730. The molecule has 2 nitrogen and oxygen atoms in total. The zero-order valence-corrected chi connectivity index (χ0v) is 13.1. The van der Waals surface area contributed by atoms with Crippen molar-refractivity contribution in [3.63, 3.8) is 0 Å². The summed E-state index contributed by atoms with van der Waals surface area (Å²) in [5, 5.41) is 4.17. The number of ether oxygens (including phenoxy) is 1. The predicted molar refractivity (Wildman–Crippen MR) is 83.3 cm³/mol. The van der Waals surface area contributed by atoms with E-state index >= 15 is 0 Å². The smallest absolute Gasteiger partial charge is 0.137 e. The van der Waals surface area contributed by atoms with E-state index in [1.165, 1.54) is 25.7 Å². The molecule has 108 valence electrons. The molecule has 0 radical (unpaired) electrons. The lowest BCUT2D eigenvalue weighted by atomic mass is 10.1. The van der Waals surface area contributed by atoms with Crippen LogP contribution in [0.4, 0.5) is 0 Å². The first-order valence-electron chi connectivity index (χ1n) is 7.25. The Labute approximate surface area is 122 Å². The predicted octanol–water partition coefficient (Wildman–Crippen LogP) is 4.59. The van der Waals surface area contributed by atoms with Gasteiger partial charge < -0.3 is 10.1 Å². The second-order valence-electron chi connectivity index (χ2n) is 5.13. The molecule has 0 amide bonds. The van der Waals surface area contributed by atoms with E-state index in [0.29, 0.717) is 17.7 Å². The number of benzene rings is 1. The number of nitrogens with one attached hydrogen (secondary N) is 1. The molecule has 1 atom stereocenters. The highest BCUT2D eigenvalue weighted by atomic mass is 35.5. The van der Waals surface area contributed by atoms with Crippen LogP contribution in [0.3, 0.4) is 0 Å². The summed E-state index contributed by atoms with van der Waals surface area (Å²) < 4.78 is 5.67. The average Bonchev–Trinajstić information content (AvgIpc) is 2.37. The molecule has 0 aliphatic rings. The third-order valence-electron chi connectivity index (χ3n) is 3.18. The Balaban J connectivity index is 2.16. The van der Waals surface area contributed by atoms with E-state index in [4.69, 9.17) is 16.3 Å². The SMILES string of the molecule is CCCCCC(C)NCCOc1ccc(C)cc1Cl. The van der Waals surface area contributed by atoms with Gasteiger partial charge in [0.15, 0.2) is 0 Å². The Bertz CT molecular complexity index is 368. The maximum absolute atomic E-state index is 6.11. The summed E-state index contributed by atoms with van der Waals surface area (Å²) >= 11 is 6.11. The van der Waals surface area contributed by atoms with Crippen LogP contribution in [0.5, 0.6) is 5.75 Å². The Morgan fingerprint density at radius 3 is 2.79 bits per heavy atom. The van der Waals surface area contributed by atoms with Crippen molar-refractivity contribution >= 4 is 11.6 Å². The van der Waals surface area contributed by atoms with Gasteiger partial charge in [-0.15, -0.1) is 0 Å². The molecule has 0 saturated heterocycles. The van der Waals surface area contributed by atoms with Crippen LogP contribution in [-0.2, 0) is 0 Å². The normalized spacial score (nSPS) is 12.4. The molecule has 0 fully saturated rings. The lowest BCUT2D eigenvalue weighted by molar-refractivity contribution is 0.304. The van der Waals surface area contributed by atoms with Crippen LogP contribution in [0.25, 0.3) is 0 Å². The zero-order valence-electron chi connectivity index (χ0n) is 12.3. The maximum Gasteiger partial charge on any atom is 0.137 e. The Morgan fingerprint density at radius 1 is 1.32 bits per heavy atom. The van der Waals surface area contributed by atoms with E-state index in [1.807, 2.05) is 25.1 Å². The largest absolute Gasteiger partial charge is 0.491 e. The summed E-state index contributed by atoms with van der Waals surface area (Å²) in [6.45, 7) is 8.00. The van der Waals surface area contributed by atoms with Gasteiger partial charge in [0.25, 0.3) is 0 Å². The molecule has 19 heavy (non-hydrogen) atoms. The molecule has 1 aromatic carbocycles. The van der Waals surface area contributed by atoms with E-state index in [1.54, 1.807) is 0 Å². The van der Waals surface area contributed by atoms with Gasteiger partial charge in [0.2, 0.25) is 0 Å². The van der Waals surface area contributed by atoms with E-state index in [-0.39, 0.29) is 0 Å². The lowest BCUT2D eigenvalue weighted by Crippen LogP contribution is -2.30. The summed E-state index contributed by atoms with van der Waals surface area (Å²) in [6, 6.07) is 6.44. The lowest BCUT2D eigenvalue weighted by Gasteiger charge is -2.14. The van der Waals surface area contributed by atoms with Crippen molar-refractivity contribution in [3.8, 4) is 5.75 Å². The van der Waals surface area contributed by atoms with E-state index in [9.17, 15) is 0 Å². The topological polar surface area (TPSA) is 21.3 Å². The van der Waals surface area contributed by atoms with Gasteiger partial charge in [0.05, 0.1) is 5.02 Å². The van der Waals surface area contributed by atoms with E-state index < -0.39 is 0 Å². The third-order valence-corrected chi connectivity index (χ3v) is 3.48. The molecule has 3 heteroatoms. The highest BCUT2D eigenvalue weighted by Crippen LogP contribution is 2.24. The minimum atomic E-state index is 0.559. The molecule has 0 bridgehead atoms. The zero-order chi connectivity index (χ0) is 14.1. The fourth-order valence-electron chi connectivity index (χ4n) is 1.99. The van der Waals surface area contributed by atoms with Crippen molar-refractivity contribution in [2.24, 2.45) is 0 Å². The first-order valence-corrected chi connectivity index (χ1v) is 7.63. The van der Waals surface area contributed by atoms with Crippen molar-refractivity contribution in [3.05, 3.63) is 28.8 Å². The van der Waals surface area contributed by atoms with Crippen molar-refractivity contribution in [1.29, 1.82) is 0 Å². The summed E-state index contributed by atoms with van der Waals surface area (Å²) in [4.78, 5) is 0. The summed E-state index contributed by atoms with van der Waals surface area (Å²) in [6.07, 6.45) is 5.14. The molecule has 0 heterocycles. The maximum atomic E-state index is 6.11. The van der Waals surface area contributed by atoms with Gasteiger partial charge >= 0.3 is 0 Å². The van der Waals surface area contributed by atoms with Crippen molar-refractivity contribution in [1.82, 2.24) is 5.32 Å². The van der Waals surface area contributed by atoms with Gasteiger partial charge in [0.1, 0.15) is 12.4 Å². The highest BCUT2D eigenvalue weighted by molar-refractivity contribution is 6.32. The summed E-state index contributed by atoms with van der Waals surface area (Å²) in [5.74, 6) is 0.771. The molecular weight excluding hydrogens is 258 g/mol. The number of hydrogen-bond donors (Lipinski definition) is 1. The molecule has 0 saturated carbocycles. The van der Waals surface area contributed by atoms with Gasteiger partial charge in [-0.25, -0.2) is 0 Å². The Morgan fingerprint density at radius 2 is 2.11 bits per heavy atom. The quantitative estimate of drug-likeness (QED) is 0.670. The fraction of sp³-hybridized carbons (Fsp3) is 0.625. The second-order valence-corrected chi connectivity index (χ2v) is 5.54. The second kappa shape index (κ2) is 9.22. The number of unbranched alkanes of at least 4 members (excludes halogenated alkanes) is 2.